The van der Waals surface area contributed by atoms with Crippen molar-refractivity contribution in [2.45, 2.75) is 56.5 Å². The second kappa shape index (κ2) is 16.9. The van der Waals surface area contributed by atoms with E-state index < -0.39 is 82.6 Å². The molecule has 4 atom stereocenters. The van der Waals surface area contributed by atoms with Gasteiger partial charge in [0.1, 0.15) is 24.7 Å². The van der Waals surface area contributed by atoms with Gasteiger partial charge in [0.15, 0.2) is 9.84 Å². The highest BCUT2D eigenvalue weighted by molar-refractivity contribution is 7.93. The van der Waals surface area contributed by atoms with Crippen molar-refractivity contribution in [2.75, 3.05) is 12.8 Å². The summed E-state index contributed by atoms with van der Waals surface area (Å²) in [7, 11) is -3.63. The Kier molecular flexibility index (Phi) is 13.0. The van der Waals surface area contributed by atoms with Gasteiger partial charge in [0, 0.05) is 18.2 Å². The molecule has 4 amide bonds. The van der Waals surface area contributed by atoms with Crippen molar-refractivity contribution in [3.8, 4) is 0 Å². The third-order valence-electron chi connectivity index (χ3n) is 6.99. The normalized spacial score (nSPS) is 16.4. The van der Waals surface area contributed by atoms with Crippen LogP contribution in [-0.4, -0.2) is 90.2 Å². The second-order valence-corrected chi connectivity index (χ2v) is 12.7. The number of alkyl carbamates (subject to hydrolysis) is 1. The molecule has 1 heterocycles. The Bertz CT molecular complexity index is 1580. The minimum absolute atomic E-state index is 0.0987. The third-order valence-corrected chi connectivity index (χ3v) is 7.64. The van der Waals surface area contributed by atoms with Crippen molar-refractivity contribution in [3.63, 3.8) is 0 Å². The van der Waals surface area contributed by atoms with Crippen LogP contribution in [0.3, 0.4) is 0 Å². The molecule has 16 heteroatoms. The van der Waals surface area contributed by atoms with Crippen molar-refractivity contribution < 1.29 is 52.1 Å². The van der Waals surface area contributed by atoms with Gasteiger partial charge in [-0.25, -0.2) is 13.2 Å². The van der Waals surface area contributed by atoms with Crippen LogP contribution in [0, 0.1) is 0 Å². The van der Waals surface area contributed by atoms with Crippen LogP contribution < -0.4 is 16.0 Å². The van der Waals surface area contributed by atoms with Gasteiger partial charge < -0.3 is 35.8 Å². The summed E-state index contributed by atoms with van der Waals surface area (Å²) in [6, 6.07) is 11.3. The van der Waals surface area contributed by atoms with E-state index in [0.29, 0.717) is 17.5 Å². The molecule has 0 aromatic heterocycles. The summed E-state index contributed by atoms with van der Waals surface area (Å²) in [6.07, 6.45) is 0.0150. The Morgan fingerprint density at radius 1 is 0.915 bits per heavy atom. The minimum atomic E-state index is -3.63. The maximum absolute atomic E-state index is 14.0. The van der Waals surface area contributed by atoms with Crippen LogP contribution in [0.4, 0.5) is 4.79 Å². The van der Waals surface area contributed by atoms with E-state index in [0.717, 1.165) is 17.7 Å². The molecule has 1 saturated heterocycles. The molecule has 0 spiro atoms. The highest BCUT2D eigenvalue weighted by atomic mass is 32.2. The molecule has 3 rings (SSSR count). The van der Waals surface area contributed by atoms with Crippen LogP contribution in [0.2, 0.25) is 0 Å². The average Bonchev–Trinajstić information content (AvgIpc) is 3.51. The van der Waals surface area contributed by atoms with Gasteiger partial charge in [0.05, 0.1) is 18.9 Å². The van der Waals surface area contributed by atoms with E-state index in [4.69, 9.17) is 4.74 Å². The van der Waals surface area contributed by atoms with Gasteiger partial charge in [-0.3, -0.25) is 24.0 Å². The SMILES string of the molecule is CS(=O)(=O)/C=C/[C@H](CC(=O)O)NC(=O)[C@H]1CCCN1C(=O)[C@H](NC(=O)[C@H](CC(=O)O)NC(=O)OCc1ccccc1)c1ccccc1. The van der Waals surface area contributed by atoms with E-state index >= 15 is 0 Å². The average molecular weight is 673 g/mol. The van der Waals surface area contributed by atoms with E-state index in [9.17, 15) is 47.4 Å². The van der Waals surface area contributed by atoms with Crippen LogP contribution >= 0.6 is 0 Å². The molecule has 1 fully saturated rings. The first kappa shape index (κ1) is 36.2. The minimum Gasteiger partial charge on any atom is -0.481 e. The highest BCUT2D eigenvalue weighted by Gasteiger charge is 2.39. The van der Waals surface area contributed by atoms with Crippen LogP contribution in [0.15, 0.2) is 72.1 Å². The molecule has 1 aliphatic rings. The number of carboxylic acids is 2. The Morgan fingerprint density at radius 2 is 1.53 bits per heavy atom. The number of ether oxygens (including phenoxy) is 1. The second-order valence-electron chi connectivity index (χ2n) is 10.8. The topological polar surface area (TPSA) is 226 Å². The molecule has 47 heavy (non-hydrogen) atoms. The van der Waals surface area contributed by atoms with Gasteiger partial charge in [0.25, 0.3) is 0 Å². The smallest absolute Gasteiger partial charge is 0.408 e. The van der Waals surface area contributed by atoms with Gasteiger partial charge in [-0.2, -0.15) is 0 Å². The number of rotatable bonds is 15. The number of nitrogens with zero attached hydrogens (tertiary/aromatic N) is 1. The van der Waals surface area contributed by atoms with Crippen molar-refractivity contribution in [1.82, 2.24) is 20.9 Å². The van der Waals surface area contributed by atoms with E-state index in [1.807, 2.05) is 0 Å². The molecule has 0 saturated carbocycles. The molecular formula is C31H36N4O11S. The number of nitrogens with one attached hydrogen (secondary N) is 3. The number of benzene rings is 2. The highest BCUT2D eigenvalue weighted by Crippen LogP contribution is 2.24. The van der Waals surface area contributed by atoms with Crippen LogP contribution in [-0.2, 0) is 45.2 Å². The van der Waals surface area contributed by atoms with Crippen molar-refractivity contribution in [3.05, 3.63) is 83.3 Å². The fraction of sp³-hybridized carbons (Fsp3) is 0.355. The monoisotopic (exact) mass is 672 g/mol. The van der Waals surface area contributed by atoms with Crippen LogP contribution in [0.1, 0.15) is 42.9 Å². The van der Waals surface area contributed by atoms with Gasteiger partial charge in [-0.15, -0.1) is 0 Å². The summed E-state index contributed by atoms with van der Waals surface area (Å²) in [5.41, 5.74) is 0.957. The standard InChI is InChI=1S/C31H36N4O11S/c1-47(44,45)16-14-22(17-25(36)37)32-29(41)24-13-8-15-35(24)30(42)27(21-11-6-3-7-12-21)34-28(40)23(18-26(38)39)33-31(43)46-19-20-9-4-2-5-10-20/h2-7,9-12,14,16,22-24,27H,8,13,15,17-19H2,1H3,(H,32,41)(H,33,43)(H,34,40)(H,36,37)(H,38,39)/b16-14+/t22-,23+,24-,27-/m1/s1. The summed E-state index contributed by atoms with van der Waals surface area (Å²) in [4.78, 5) is 77.2. The number of likely N-dealkylation sites (tertiary alicyclic amines) is 1. The summed E-state index contributed by atoms with van der Waals surface area (Å²) in [5, 5.41) is 26.7. The van der Waals surface area contributed by atoms with E-state index in [2.05, 4.69) is 16.0 Å². The number of carbonyl (C=O) groups is 6. The molecule has 0 aliphatic carbocycles. The lowest BCUT2D eigenvalue weighted by atomic mass is 10.0. The van der Waals surface area contributed by atoms with Gasteiger partial charge >= 0.3 is 18.0 Å². The van der Waals surface area contributed by atoms with Crippen LogP contribution in [0.25, 0.3) is 0 Å². The van der Waals surface area contributed by atoms with E-state index in [-0.39, 0.29) is 19.6 Å². The lowest BCUT2D eigenvalue weighted by Crippen LogP contribution is -2.54. The van der Waals surface area contributed by atoms with Gasteiger partial charge in [-0.05, 0) is 24.0 Å². The molecule has 0 bridgehead atoms. The predicted octanol–water partition coefficient (Wildman–Crippen LogP) is 1.12. The Hall–Kier alpha value is -5.25. The zero-order valence-electron chi connectivity index (χ0n) is 25.4. The van der Waals surface area contributed by atoms with Gasteiger partial charge in [-0.1, -0.05) is 66.7 Å². The third kappa shape index (κ3) is 11.9. The lowest BCUT2D eigenvalue weighted by Gasteiger charge is -2.30. The molecule has 1 aliphatic heterocycles. The summed E-state index contributed by atoms with van der Waals surface area (Å²) in [6.45, 7) is -0.0451. The van der Waals surface area contributed by atoms with E-state index in [1.54, 1.807) is 60.7 Å². The van der Waals surface area contributed by atoms with Crippen LogP contribution in [0.5, 0.6) is 0 Å². The molecule has 0 radical (unpaired) electrons. The number of carboxylic acid groups (broad SMARTS) is 2. The number of aliphatic carboxylic acids is 2. The number of sulfone groups is 1. The summed E-state index contributed by atoms with van der Waals surface area (Å²) in [5.74, 6) is -5.16. The fourth-order valence-corrected chi connectivity index (χ4v) is 5.28. The molecule has 252 valence electrons. The first-order valence-electron chi connectivity index (χ1n) is 14.5. The number of amides is 4. The first-order chi connectivity index (χ1) is 22.2. The number of hydrogen-bond donors (Lipinski definition) is 5. The van der Waals surface area contributed by atoms with Crippen molar-refractivity contribution in [1.29, 1.82) is 0 Å². The Morgan fingerprint density at radius 3 is 2.13 bits per heavy atom. The number of hydrogen-bond acceptors (Lipinski definition) is 9. The Labute approximate surface area is 270 Å². The first-order valence-corrected chi connectivity index (χ1v) is 16.4. The fourth-order valence-electron chi connectivity index (χ4n) is 4.81. The molecular weight excluding hydrogens is 636 g/mol. The zero-order valence-corrected chi connectivity index (χ0v) is 26.2. The molecule has 2 aromatic carbocycles. The predicted molar refractivity (Wildman–Crippen MR) is 166 cm³/mol. The maximum Gasteiger partial charge on any atom is 0.408 e. The van der Waals surface area contributed by atoms with Crippen molar-refractivity contribution in [2.24, 2.45) is 0 Å². The molecule has 2 aromatic rings. The molecule has 15 nitrogen and oxygen atoms in total. The van der Waals surface area contributed by atoms with Gasteiger partial charge in [0.2, 0.25) is 17.7 Å². The summed E-state index contributed by atoms with van der Waals surface area (Å²) >= 11 is 0. The summed E-state index contributed by atoms with van der Waals surface area (Å²) < 4.78 is 28.2. The van der Waals surface area contributed by atoms with Crippen molar-refractivity contribution >= 4 is 45.6 Å². The lowest BCUT2D eigenvalue weighted by molar-refractivity contribution is -0.143. The zero-order chi connectivity index (χ0) is 34.6. The number of carbonyl (C=O) groups excluding carboxylic acids is 4. The largest absolute Gasteiger partial charge is 0.481 e. The quantitative estimate of drug-likeness (QED) is 0.180. The Balaban J connectivity index is 1.80. The van der Waals surface area contributed by atoms with E-state index in [1.165, 1.54) is 4.90 Å². The maximum atomic E-state index is 14.0. The molecule has 0 unspecified atom stereocenters. The molecule has 5 N–H and O–H groups in total.